The van der Waals surface area contributed by atoms with Gasteiger partial charge in [0.05, 0.1) is 11.2 Å². The topological polar surface area (TPSA) is 121 Å². The van der Waals surface area contributed by atoms with Crippen LogP contribution in [0.1, 0.15) is 48.0 Å². The van der Waals surface area contributed by atoms with Crippen molar-refractivity contribution in [2.24, 2.45) is 23.2 Å². The van der Waals surface area contributed by atoms with Gasteiger partial charge in [-0.15, -0.1) is 0 Å². The average Bonchev–Trinajstić information content (AvgIpc) is 2.97. The molecule has 0 aromatic rings. The molecule has 0 aromatic carbocycles. The SMILES string of the molecule is C/C=C/C=C/C(=O)[C@@H]1[C@@H]([C@]2(C)OC(=O)C(C)=C2O)[C@H]2\C(=C(O)/C=C/C=C/C)C(=O)[C@]1(C)C[C@@]2(C)O. The molecule has 0 radical (unpaired) electrons. The Balaban J connectivity index is 2.34. The summed E-state index contributed by atoms with van der Waals surface area (Å²) in [6.07, 6.45) is 12.7. The molecule has 0 amide bonds. The molecule has 0 aromatic heterocycles. The lowest BCUT2D eigenvalue weighted by Gasteiger charge is -2.62. The highest BCUT2D eigenvalue weighted by atomic mass is 16.6. The van der Waals surface area contributed by atoms with Gasteiger partial charge < -0.3 is 20.1 Å². The smallest absolute Gasteiger partial charge is 0.338 e. The number of ketones is 2. The first-order valence-corrected chi connectivity index (χ1v) is 11.7. The minimum absolute atomic E-state index is 0.00320. The molecule has 3 aliphatic carbocycles. The van der Waals surface area contributed by atoms with E-state index in [4.69, 9.17) is 4.74 Å². The first-order chi connectivity index (χ1) is 16.3. The number of hydrogen-bond acceptors (Lipinski definition) is 7. The van der Waals surface area contributed by atoms with E-state index in [-0.39, 0.29) is 34.9 Å². The van der Waals surface area contributed by atoms with Crippen LogP contribution in [0.15, 0.2) is 71.3 Å². The maximum atomic E-state index is 13.8. The Bertz CT molecular complexity index is 1130. The van der Waals surface area contributed by atoms with E-state index >= 15 is 0 Å². The summed E-state index contributed by atoms with van der Waals surface area (Å²) in [5.74, 6) is -5.39. The highest BCUT2D eigenvalue weighted by Crippen LogP contribution is 2.65. The van der Waals surface area contributed by atoms with Gasteiger partial charge in [0.15, 0.2) is 17.2 Å². The predicted octanol–water partition coefficient (Wildman–Crippen LogP) is 4.37. The van der Waals surface area contributed by atoms with Crippen LogP contribution in [0.2, 0.25) is 0 Å². The van der Waals surface area contributed by atoms with Gasteiger partial charge in [-0.2, -0.15) is 0 Å². The molecule has 3 N–H and O–H groups in total. The van der Waals surface area contributed by atoms with E-state index in [2.05, 4.69) is 0 Å². The van der Waals surface area contributed by atoms with Gasteiger partial charge in [0, 0.05) is 28.7 Å². The molecule has 6 atom stereocenters. The van der Waals surface area contributed by atoms with Crippen molar-refractivity contribution in [3.8, 4) is 0 Å². The van der Waals surface area contributed by atoms with Crippen molar-refractivity contribution in [3.05, 3.63) is 71.3 Å². The quantitative estimate of drug-likeness (QED) is 0.222. The number of ether oxygens (including phenoxy) is 1. The van der Waals surface area contributed by atoms with E-state index in [1.807, 2.05) is 0 Å². The van der Waals surface area contributed by atoms with Gasteiger partial charge in [-0.25, -0.2) is 4.79 Å². The lowest BCUT2D eigenvalue weighted by molar-refractivity contribution is -0.204. The molecule has 7 heteroatoms. The molecule has 3 fully saturated rings. The normalized spacial score (nSPS) is 39.1. The lowest BCUT2D eigenvalue weighted by Crippen LogP contribution is -2.70. The molecule has 7 nitrogen and oxygen atoms in total. The van der Waals surface area contributed by atoms with Gasteiger partial charge in [0.2, 0.25) is 0 Å². The van der Waals surface area contributed by atoms with Crippen LogP contribution in [0.25, 0.3) is 0 Å². The van der Waals surface area contributed by atoms with Gasteiger partial charge in [-0.3, -0.25) is 9.59 Å². The third kappa shape index (κ3) is 4.01. The lowest BCUT2D eigenvalue weighted by atomic mass is 9.41. The van der Waals surface area contributed by atoms with Gasteiger partial charge in [0.25, 0.3) is 0 Å². The number of Topliss-reactive ketones (excluding diaryl/α,β-unsaturated/α-hetero) is 1. The maximum Gasteiger partial charge on any atom is 0.338 e. The molecule has 0 unspecified atom stereocenters. The monoisotopic (exact) mass is 482 g/mol. The van der Waals surface area contributed by atoms with Crippen LogP contribution < -0.4 is 0 Å². The van der Waals surface area contributed by atoms with Crippen LogP contribution in [0.5, 0.6) is 0 Å². The fourth-order valence-corrected chi connectivity index (χ4v) is 6.23. The van der Waals surface area contributed by atoms with Crippen LogP contribution in [-0.2, 0) is 19.1 Å². The van der Waals surface area contributed by atoms with E-state index in [9.17, 15) is 29.7 Å². The number of rotatable bonds is 6. The average molecular weight is 483 g/mol. The largest absolute Gasteiger partial charge is 0.508 e. The predicted molar refractivity (Wildman–Crippen MR) is 131 cm³/mol. The minimum Gasteiger partial charge on any atom is -0.508 e. The zero-order valence-electron chi connectivity index (χ0n) is 21.0. The first kappa shape index (κ1) is 26.4. The summed E-state index contributed by atoms with van der Waals surface area (Å²) < 4.78 is 5.66. The van der Waals surface area contributed by atoms with Crippen LogP contribution in [0.4, 0.5) is 0 Å². The van der Waals surface area contributed by atoms with Gasteiger partial charge in [0.1, 0.15) is 11.5 Å². The summed E-state index contributed by atoms with van der Waals surface area (Å²) in [7, 11) is 0. The van der Waals surface area contributed by atoms with Gasteiger partial charge in [-0.1, -0.05) is 43.4 Å². The second kappa shape index (κ2) is 9.11. The van der Waals surface area contributed by atoms with Crippen molar-refractivity contribution < 1.29 is 34.4 Å². The molecule has 188 valence electrons. The number of carbonyl (C=O) groups excluding carboxylic acids is 3. The zero-order chi connectivity index (χ0) is 26.3. The van der Waals surface area contributed by atoms with Crippen molar-refractivity contribution >= 4 is 17.5 Å². The third-order valence-corrected chi connectivity index (χ3v) is 7.65. The standard InChI is InChI=1S/C28H34O7/c1-7-9-11-13-17(29)19-21-22(28(6)23(31)16(3)25(33)35-28)20(18(30)14-12-10-8-2)26(4,24(19)32)15-27(21,5)34/h7-14,20-22,29,31,34H,15H2,1-6H3/b9-7+,10-8+,13-11+,14-12+,19-17-/t20-,21-,22-,26-,27-,28+/m1/s1. The summed E-state index contributed by atoms with van der Waals surface area (Å²) in [4.78, 5) is 39.9. The minimum atomic E-state index is -1.69. The number of fused-ring (bicyclic) bond motifs is 3. The van der Waals surface area contributed by atoms with Crippen LogP contribution >= 0.6 is 0 Å². The number of carbonyl (C=O) groups is 3. The highest BCUT2D eigenvalue weighted by molar-refractivity contribution is 6.08. The molecule has 35 heavy (non-hydrogen) atoms. The summed E-state index contributed by atoms with van der Waals surface area (Å²) in [5, 5.41) is 33.6. The second-order valence-corrected chi connectivity index (χ2v) is 10.2. The fraction of sp³-hybridized carbons (Fsp3) is 0.464. The molecule has 4 aliphatic rings. The van der Waals surface area contributed by atoms with E-state index in [1.165, 1.54) is 26.0 Å². The van der Waals surface area contributed by atoms with E-state index in [0.29, 0.717) is 0 Å². The Morgan fingerprint density at radius 2 is 1.60 bits per heavy atom. The van der Waals surface area contributed by atoms with Crippen molar-refractivity contribution in [1.82, 2.24) is 0 Å². The molecule has 0 saturated heterocycles. The Morgan fingerprint density at radius 1 is 1.03 bits per heavy atom. The van der Waals surface area contributed by atoms with Crippen molar-refractivity contribution in [2.75, 3.05) is 0 Å². The van der Waals surface area contributed by atoms with Gasteiger partial charge in [-0.05, 0) is 53.2 Å². The number of aliphatic hydroxyl groups excluding tert-OH is 2. The van der Waals surface area contributed by atoms with Crippen molar-refractivity contribution in [3.63, 3.8) is 0 Å². The second-order valence-electron chi connectivity index (χ2n) is 10.2. The van der Waals surface area contributed by atoms with E-state index in [1.54, 1.807) is 64.2 Å². The number of allylic oxidation sites excluding steroid dienone is 8. The number of esters is 1. The number of aliphatic hydroxyl groups is 3. The zero-order valence-corrected chi connectivity index (χ0v) is 21.0. The molecular weight excluding hydrogens is 448 g/mol. The van der Waals surface area contributed by atoms with Crippen molar-refractivity contribution in [1.29, 1.82) is 0 Å². The Labute approximate surface area is 205 Å². The van der Waals surface area contributed by atoms with Crippen molar-refractivity contribution in [2.45, 2.75) is 59.2 Å². The molecule has 3 saturated carbocycles. The maximum absolute atomic E-state index is 13.8. The molecular formula is C28H34O7. The molecule has 1 heterocycles. The molecule has 4 rings (SSSR count). The Morgan fingerprint density at radius 3 is 2.11 bits per heavy atom. The van der Waals surface area contributed by atoms with E-state index < -0.39 is 46.1 Å². The number of cyclic esters (lactones) is 1. The Hall–Kier alpha value is -3.19. The summed E-state index contributed by atoms with van der Waals surface area (Å²) in [5.41, 5.74) is -4.69. The molecule has 0 spiro atoms. The summed E-state index contributed by atoms with van der Waals surface area (Å²) in [6.45, 7) is 9.65. The third-order valence-electron chi connectivity index (χ3n) is 7.65. The van der Waals surface area contributed by atoms with Gasteiger partial charge >= 0.3 is 5.97 Å². The summed E-state index contributed by atoms with van der Waals surface area (Å²) in [6, 6.07) is 0. The highest BCUT2D eigenvalue weighted by Gasteiger charge is 2.73. The molecule has 1 aliphatic heterocycles. The van der Waals surface area contributed by atoms with E-state index in [0.717, 1.165) is 0 Å². The number of hydrogen-bond donors (Lipinski definition) is 3. The molecule has 2 bridgehead atoms. The summed E-state index contributed by atoms with van der Waals surface area (Å²) >= 11 is 0. The van der Waals surface area contributed by atoms with Crippen LogP contribution in [0, 0.1) is 23.2 Å². The van der Waals surface area contributed by atoms with Crippen LogP contribution in [0.3, 0.4) is 0 Å². The fourth-order valence-electron chi connectivity index (χ4n) is 6.23. The van der Waals surface area contributed by atoms with Crippen LogP contribution in [-0.4, -0.2) is 44.1 Å². The first-order valence-electron chi connectivity index (χ1n) is 11.7. The Kier molecular flexibility index (Phi) is 6.88.